The number of H-pyrrole nitrogens is 1. The van der Waals surface area contributed by atoms with Crippen molar-refractivity contribution in [1.29, 1.82) is 0 Å². The average Bonchev–Trinajstić information content (AvgIpc) is 3.43. The molecule has 36 heavy (non-hydrogen) atoms. The fourth-order valence-electron chi connectivity index (χ4n) is 4.26. The summed E-state index contributed by atoms with van der Waals surface area (Å²) >= 11 is 0. The Labute approximate surface area is 205 Å². The molecule has 2 aromatic carbocycles. The summed E-state index contributed by atoms with van der Waals surface area (Å²) in [6.07, 6.45) is 1.66. The van der Waals surface area contributed by atoms with Crippen molar-refractivity contribution in [3.8, 4) is 17.2 Å². The van der Waals surface area contributed by atoms with Gasteiger partial charge in [-0.05, 0) is 55.3 Å². The van der Waals surface area contributed by atoms with Crippen LogP contribution in [0.15, 0.2) is 63.5 Å². The topological polar surface area (TPSA) is 121 Å². The van der Waals surface area contributed by atoms with Gasteiger partial charge in [-0.1, -0.05) is 18.2 Å². The highest BCUT2D eigenvalue weighted by Gasteiger charge is 2.34. The van der Waals surface area contributed by atoms with Gasteiger partial charge in [-0.3, -0.25) is 14.2 Å². The molecule has 2 aliphatic rings. The van der Waals surface area contributed by atoms with Crippen LogP contribution in [0.1, 0.15) is 37.9 Å². The van der Waals surface area contributed by atoms with E-state index in [0.717, 1.165) is 0 Å². The number of benzene rings is 2. The van der Waals surface area contributed by atoms with Crippen molar-refractivity contribution in [2.45, 2.75) is 26.8 Å². The average molecular weight is 489 g/mol. The molecule has 5 rings (SSSR count). The van der Waals surface area contributed by atoms with Crippen molar-refractivity contribution in [1.82, 2.24) is 9.55 Å². The number of aromatic amines is 1. The third kappa shape index (κ3) is 4.17. The number of hydrogen-bond donors (Lipinski definition) is 1. The molecule has 10 heteroatoms. The first-order chi connectivity index (χ1) is 17.4. The van der Waals surface area contributed by atoms with Crippen LogP contribution in [0.2, 0.25) is 0 Å². The van der Waals surface area contributed by atoms with Gasteiger partial charge in [0.1, 0.15) is 11.1 Å². The lowest BCUT2D eigenvalue weighted by molar-refractivity contribution is -0.139. The Hall–Kier alpha value is -4.60. The Morgan fingerprint density at radius 3 is 2.64 bits per heavy atom. The molecule has 0 aliphatic carbocycles. The molecular formula is C26H23N3O7. The number of rotatable bonds is 5. The molecule has 10 nitrogen and oxygen atoms in total. The first kappa shape index (κ1) is 23.2. The molecule has 0 saturated heterocycles. The number of fused-ring (bicyclic) bond motifs is 2. The maximum Gasteiger partial charge on any atom is 0.338 e. The van der Waals surface area contributed by atoms with E-state index in [1.807, 2.05) is 0 Å². The Kier molecular flexibility index (Phi) is 5.93. The molecule has 3 heterocycles. The predicted octanol–water partition coefficient (Wildman–Crippen LogP) is 1.72. The summed E-state index contributed by atoms with van der Waals surface area (Å²) in [5.41, 5.74) is 2.00. The number of carbonyl (C=O) groups excluding carboxylic acids is 2. The molecule has 1 aromatic heterocycles. The van der Waals surface area contributed by atoms with Gasteiger partial charge in [0, 0.05) is 6.92 Å². The van der Waals surface area contributed by atoms with E-state index in [1.54, 1.807) is 62.4 Å². The SMILES string of the molecule is CCOC(=O)C1=C(C)N=c2[nH]/c(=C\c3ccc(OC(C)=O)cc3)c(=O)n2C1c1ccc2c(c1)OCO2. The largest absolute Gasteiger partial charge is 0.463 e. The summed E-state index contributed by atoms with van der Waals surface area (Å²) in [5, 5.41) is 0.276. The van der Waals surface area contributed by atoms with Gasteiger partial charge in [-0.2, -0.15) is 0 Å². The van der Waals surface area contributed by atoms with Crippen molar-refractivity contribution in [3.63, 3.8) is 0 Å². The fraction of sp³-hybridized carbons (Fsp3) is 0.231. The Balaban J connectivity index is 1.64. The van der Waals surface area contributed by atoms with Crippen LogP contribution in [0.3, 0.4) is 0 Å². The second-order valence-electron chi connectivity index (χ2n) is 8.19. The zero-order valence-electron chi connectivity index (χ0n) is 19.9. The number of aromatic nitrogens is 2. The van der Waals surface area contributed by atoms with E-state index in [0.29, 0.717) is 39.7 Å². The minimum Gasteiger partial charge on any atom is -0.463 e. The van der Waals surface area contributed by atoms with Gasteiger partial charge in [0.05, 0.1) is 23.9 Å². The summed E-state index contributed by atoms with van der Waals surface area (Å²) in [7, 11) is 0. The Morgan fingerprint density at radius 2 is 1.92 bits per heavy atom. The fourth-order valence-corrected chi connectivity index (χ4v) is 4.26. The number of ether oxygens (including phenoxy) is 4. The van der Waals surface area contributed by atoms with Crippen molar-refractivity contribution in [3.05, 3.63) is 86.2 Å². The van der Waals surface area contributed by atoms with Gasteiger partial charge in [-0.25, -0.2) is 9.79 Å². The van der Waals surface area contributed by atoms with Crippen molar-refractivity contribution >= 4 is 18.0 Å². The molecule has 0 amide bonds. The molecule has 1 N–H and O–H groups in total. The summed E-state index contributed by atoms with van der Waals surface area (Å²) in [6, 6.07) is 11.2. The third-order valence-corrected chi connectivity index (χ3v) is 5.78. The van der Waals surface area contributed by atoms with E-state index in [-0.39, 0.29) is 29.9 Å². The molecule has 3 aromatic rings. The number of hydrogen-bond acceptors (Lipinski definition) is 8. The highest BCUT2D eigenvalue weighted by atomic mass is 16.7. The van der Waals surface area contributed by atoms with E-state index in [2.05, 4.69) is 9.98 Å². The molecule has 1 unspecified atom stereocenters. The van der Waals surface area contributed by atoms with Gasteiger partial charge in [0.15, 0.2) is 11.5 Å². The van der Waals surface area contributed by atoms with Crippen LogP contribution in [-0.2, 0) is 14.3 Å². The lowest BCUT2D eigenvalue weighted by Crippen LogP contribution is -2.40. The van der Waals surface area contributed by atoms with Crippen molar-refractivity contribution < 1.29 is 28.5 Å². The number of allylic oxidation sites excluding steroid dienone is 1. The van der Waals surface area contributed by atoms with Gasteiger partial charge in [0.25, 0.3) is 5.56 Å². The quantitative estimate of drug-likeness (QED) is 0.428. The van der Waals surface area contributed by atoms with E-state index in [4.69, 9.17) is 18.9 Å². The lowest BCUT2D eigenvalue weighted by atomic mass is 9.95. The molecule has 0 spiro atoms. The number of nitrogens with one attached hydrogen (secondary N) is 1. The zero-order chi connectivity index (χ0) is 25.4. The molecule has 1 atom stereocenters. The number of nitrogens with zero attached hydrogens (tertiary/aromatic N) is 2. The molecule has 0 fully saturated rings. The van der Waals surface area contributed by atoms with Crippen LogP contribution in [0, 0.1) is 0 Å². The van der Waals surface area contributed by atoms with Crippen molar-refractivity contribution in [2.75, 3.05) is 13.4 Å². The summed E-state index contributed by atoms with van der Waals surface area (Å²) in [6.45, 7) is 5.03. The number of imidazole rings is 1. The molecule has 0 radical (unpaired) electrons. The monoisotopic (exact) mass is 489 g/mol. The van der Waals surface area contributed by atoms with E-state index >= 15 is 0 Å². The van der Waals surface area contributed by atoms with Gasteiger partial charge >= 0.3 is 11.9 Å². The second-order valence-corrected chi connectivity index (χ2v) is 8.19. The van der Waals surface area contributed by atoms with Crippen LogP contribution in [-0.4, -0.2) is 34.9 Å². The molecule has 0 saturated carbocycles. The van der Waals surface area contributed by atoms with Crippen LogP contribution in [0.25, 0.3) is 6.08 Å². The minimum absolute atomic E-state index is 0.100. The highest BCUT2D eigenvalue weighted by Crippen LogP contribution is 2.38. The summed E-state index contributed by atoms with van der Waals surface area (Å²) in [4.78, 5) is 45.3. The van der Waals surface area contributed by atoms with Crippen LogP contribution < -0.4 is 30.7 Å². The van der Waals surface area contributed by atoms with Crippen LogP contribution in [0.4, 0.5) is 0 Å². The standard InChI is InChI=1S/C26H23N3O7/c1-4-33-25(32)22-14(2)27-26-28-19(11-16-5-8-18(9-6-16)36-15(3)30)24(31)29(26)23(22)17-7-10-20-21(12-17)35-13-34-20/h5-12,23H,4,13H2,1-3H3,(H,27,28)/b19-11-. The van der Waals surface area contributed by atoms with Gasteiger partial charge in [0.2, 0.25) is 12.4 Å². The maximum absolute atomic E-state index is 13.6. The van der Waals surface area contributed by atoms with Crippen LogP contribution in [0.5, 0.6) is 17.2 Å². The van der Waals surface area contributed by atoms with Crippen molar-refractivity contribution in [2.24, 2.45) is 4.99 Å². The lowest BCUT2D eigenvalue weighted by Gasteiger charge is -2.24. The smallest absolute Gasteiger partial charge is 0.338 e. The summed E-state index contributed by atoms with van der Waals surface area (Å²) in [5.74, 6) is 0.551. The van der Waals surface area contributed by atoms with E-state index < -0.39 is 18.0 Å². The number of carbonyl (C=O) groups is 2. The zero-order valence-corrected chi connectivity index (χ0v) is 19.9. The predicted molar refractivity (Wildman–Crippen MR) is 127 cm³/mol. The molecule has 184 valence electrons. The first-order valence-corrected chi connectivity index (χ1v) is 11.3. The van der Waals surface area contributed by atoms with Gasteiger partial charge < -0.3 is 23.9 Å². The van der Waals surface area contributed by atoms with Gasteiger partial charge in [-0.15, -0.1) is 0 Å². The highest BCUT2D eigenvalue weighted by molar-refractivity contribution is 5.91. The van der Waals surface area contributed by atoms with Crippen LogP contribution >= 0.6 is 0 Å². The first-order valence-electron chi connectivity index (χ1n) is 11.3. The molecule has 2 aliphatic heterocycles. The normalized spacial score (nSPS) is 16.4. The third-order valence-electron chi connectivity index (χ3n) is 5.78. The Bertz CT molecular complexity index is 1580. The number of esters is 2. The summed E-state index contributed by atoms with van der Waals surface area (Å²) < 4.78 is 22.8. The maximum atomic E-state index is 13.6. The van der Waals surface area contributed by atoms with E-state index in [1.165, 1.54) is 11.5 Å². The Morgan fingerprint density at radius 1 is 1.17 bits per heavy atom. The van der Waals surface area contributed by atoms with E-state index in [9.17, 15) is 14.4 Å². The minimum atomic E-state index is -0.789. The molecule has 0 bridgehead atoms. The second kappa shape index (κ2) is 9.21. The molecular weight excluding hydrogens is 466 g/mol.